The van der Waals surface area contributed by atoms with Gasteiger partial charge in [0.1, 0.15) is 5.82 Å². The summed E-state index contributed by atoms with van der Waals surface area (Å²) in [6, 6.07) is 11.2. The number of ether oxygens (including phenoxy) is 1. The van der Waals surface area contributed by atoms with E-state index in [9.17, 15) is 9.18 Å². The zero-order valence-electron chi connectivity index (χ0n) is 17.8. The lowest BCUT2D eigenvalue weighted by atomic mass is 10.2. The van der Waals surface area contributed by atoms with E-state index in [0.717, 1.165) is 12.0 Å². The highest BCUT2D eigenvalue weighted by Gasteiger charge is 2.21. The Kier molecular flexibility index (Phi) is 8.04. The predicted octanol–water partition coefficient (Wildman–Crippen LogP) is 6.50. The number of benzene rings is 2. The van der Waals surface area contributed by atoms with E-state index in [2.05, 4.69) is 20.6 Å². The summed E-state index contributed by atoms with van der Waals surface area (Å²) >= 11 is 14.7. The Morgan fingerprint density at radius 1 is 1.18 bits per heavy atom. The van der Waals surface area contributed by atoms with Gasteiger partial charge >= 0.3 is 0 Å². The van der Waals surface area contributed by atoms with Crippen molar-refractivity contribution in [3.8, 4) is 11.4 Å². The molecule has 0 radical (unpaired) electrons. The van der Waals surface area contributed by atoms with Crippen molar-refractivity contribution in [2.45, 2.75) is 23.4 Å². The van der Waals surface area contributed by atoms with E-state index in [1.165, 1.54) is 39.9 Å². The topological polar surface area (TPSA) is 81.9 Å². The number of halogens is 3. The highest BCUT2D eigenvalue weighted by atomic mass is 35.5. The van der Waals surface area contributed by atoms with Crippen LogP contribution in [-0.2, 0) is 5.75 Å². The van der Waals surface area contributed by atoms with Crippen molar-refractivity contribution in [3.63, 3.8) is 0 Å². The van der Waals surface area contributed by atoms with E-state index >= 15 is 0 Å². The van der Waals surface area contributed by atoms with E-state index < -0.39 is 5.91 Å². The van der Waals surface area contributed by atoms with E-state index in [-0.39, 0.29) is 11.5 Å². The summed E-state index contributed by atoms with van der Waals surface area (Å²) in [6.07, 6.45) is 2.36. The average molecular weight is 538 g/mol. The maximum atomic E-state index is 13.3. The number of nitrogens with zero attached hydrogens (tertiary/aromatic N) is 4. The first-order chi connectivity index (χ1) is 16.4. The van der Waals surface area contributed by atoms with Gasteiger partial charge in [-0.1, -0.05) is 59.3 Å². The molecule has 2 aromatic carbocycles. The van der Waals surface area contributed by atoms with Crippen LogP contribution in [0.15, 0.2) is 53.0 Å². The molecule has 4 rings (SSSR count). The van der Waals surface area contributed by atoms with Gasteiger partial charge < -0.3 is 4.74 Å². The van der Waals surface area contributed by atoms with Crippen LogP contribution in [0.1, 0.15) is 29.4 Å². The van der Waals surface area contributed by atoms with E-state index in [1.807, 2.05) is 13.0 Å². The van der Waals surface area contributed by atoms with Crippen molar-refractivity contribution >= 4 is 57.3 Å². The average Bonchev–Trinajstić information content (AvgIpc) is 3.46. The summed E-state index contributed by atoms with van der Waals surface area (Å²) in [5, 5.41) is 16.5. The Labute approximate surface area is 213 Å². The molecule has 0 spiro atoms. The van der Waals surface area contributed by atoms with Gasteiger partial charge in [-0.3, -0.25) is 10.1 Å². The number of thioether (sulfide) groups is 1. The van der Waals surface area contributed by atoms with Crippen LogP contribution in [0.25, 0.3) is 5.69 Å². The number of hydrogen-bond acceptors (Lipinski definition) is 7. The smallest absolute Gasteiger partial charge is 0.281 e. The molecule has 1 N–H and O–H groups in total. The van der Waals surface area contributed by atoms with Gasteiger partial charge in [0.15, 0.2) is 15.8 Å². The van der Waals surface area contributed by atoms with Crippen molar-refractivity contribution in [3.05, 3.63) is 75.8 Å². The Morgan fingerprint density at radius 2 is 1.97 bits per heavy atom. The first-order valence-electron chi connectivity index (χ1n) is 10.1. The normalized spacial score (nSPS) is 10.9. The standard InChI is InChI=1S/C22H18Cl2FN5O2S2/c1-2-9-32-18-11-30(15-6-4-14(25)5-7-15)29-19(18)20(31)26-21-27-28-22(34-21)33-12-13-3-8-16(23)17(24)10-13/h3-8,10-11H,2,9,12H2,1H3,(H,26,27,31). The lowest BCUT2D eigenvalue weighted by Crippen LogP contribution is -2.14. The second-order valence-electron chi connectivity index (χ2n) is 6.98. The first kappa shape index (κ1) is 24.5. The molecule has 176 valence electrons. The number of anilines is 1. The first-order valence-corrected chi connectivity index (χ1v) is 12.7. The Morgan fingerprint density at radius 3 is 2.71 bits per heavy atom. The molecule has 0 saturated heterocycles. The SMILES string of the molecule is CCCOc1cn(-c2ccc(F)cc2)nc1C(=O)Nc1nnc(SCc2ccc(Cl)c(Cl)c2)s1. The maximum Gasteiger partial charge on any atom is 0.281 e. The fourth-order valence-electron chi connectivity index (χ4n) is 2.81. The number of hydrogen-bond donors (Lipinski definition) is 1. The quantitative estimate of drug-likeness (QED) is 0.194. The largest absolute Gasteiger partial charge is 0.489 e. The van der Waals surface area contributed by atoms with Crippen LogP contribution in [0.3, 0.4) is 0 Å². The third kappa shape index (κ3) is 6.06. The van der Waals surface area contributed by atoms with Gasteiger partial charge in [0.2, 0.25) is 5.13 Å². The lowest BCUT2D eigenvalue weighted by molar-refractivity contribution is 0.101. The van der Waals surface area contributed by atoms with Crippen LogP contribution in [0.5, 0.6) is 5.75 Å². The van der Waals surface area contributed by atoms with Gasteiger partial charge in [0, 0.05) is 5.75 Å². The molecule has 0 aliphatic heterocycles. The molecular formula is C22H18Cl2FN5O2S2. The number of aromatic nitrogens is 4. The summed E-state index contributed by atoms with van der Waals surface area (Å²) in [7, 11) is 0. The van der Waals surface area contributed by atoms with Crippen molar-refractivity contribution in [1.29, 1.82) is 0 Å². The molecular weight excluding hydrogens is 520 g/mol. The van der Waals surface area contributed by atoms with Gasteiger partial charge in [0.25, 0.3) is 5.91 Å². The fraction of sp³-hybridized carbons (Fsp3) is 0.182. The van der Waals surface area contributed by atoms with Crippen molar-refractivity contribution in [2.75, 3.05) is 11.9 Å². The third-order valence-corrected chi connectivity index (χ3v) is 7.20. The van der Waals surface area contributed by atoms with Crippen molar-refractivity contribution in [2.24, 2.45) is 0 Å². The molecule has 4 aromatic rings. The van der Waals surface area contributed by atoms with E-state index in [1.54, 1.807) is 30.5 Å². The zero-order valence-corrected chi connectivity index (χ0v) is 20.9. The Hall–Kier alpha value is -2.66. The highest BCUT2D eigenvalue weighted by molar-refractivity contribution is 8.00. The molecule has 2 heterocycles. The van der Waals surface area contributed by atoms with Crippen LogP contribution < -0.4 is 10.1 Å². The monoisotopic (exact) mass is 537 g/mol. The molecule has 0 bridgehead atoms. The third-order valence-electron chi connectivity index (χ3n) is 4.42. The number of amides is 1. The number of rotatable bonds is 9. The molecule has 0 atom stereocenters. The van der Waals surface area contributed by atoms with Gasteiger partial charge in [-0.2, -0.15) is 5.10 Å². The molecule has 0 unspecified atom stereocenters. The zero-order chi connectivity index (χ0) is 24.1. The minimum atomic E-state index is -0.482. The van der Waals surface area contributed by atoms with Crippen LogP contribution in [0.2, 0.25) is 10.0 Å². The van der Waals surface area contributed by atoms with Crippen molar-refractivity contribution in [1.82, 2.24) is 20.0 Å². The van der Waals surface area contributed by atoms with Gasteiger partial charge in [-0.15, -0.1) is 10.2 Å². The molecule has 1 amide bonds. The summed E-state index contributed by atoms with van der Waals surface area (Å²) in [5.74, 6) is 0.100. The van der Waals surface area contributed by atoms with Crippen LogP contribution in [0, 0.1) is 5.82 Å². The Bertz CT molecular complexity index is 1300. The summed E-state index contributed by atoms with van der Waals surface area (Å²) < 4.78 is 21.1. The number of carbonyl (C=O) groups excluding carboxylic acids is 1. The fourth-order valence-corrected chi connectivity index (χ4v) is 4.82. The number of nitrogens with one attached hydrogen (secondary N) is 1. The lowest BCUT2D eigenvalue weighted by Gasteiger charge is -2.03. The maximum absolute atomic E-state index is 13.3. The summed E-state index contributed by atoms with van der Waals surface area (Å²) in [6.45, 7) is 2.38. The molecule has 7 nitrogen and oxygen atoms in total. The molecule has 0 aliphatic carbocycles. The predicted molar refractivity (Wildman–Crippen MR) is 133 cm³/mol. The highest BCUT2D eigenvalue weighted by Crippen LogP contribution is 2.31. The van der Waals surface area contributed by atoms with Crippen LogP contribution in [0.4, 0.5) is 9.52 Å². The van der Waals surface area contributed by atoms with Gasteiger partial charge in [-0.25, -0.2) is 9.07 Å². The van der Waals surface area contributed by atoms with Gasteiger partial charge in [-0.05, 0) is 48.4 Å². The van der Waals surface area contributed by atoms with Gasteiger partial charge in [0.05, 0.1) is 28.5 Å². The molecule has 34 heavy (non-hydrogen) atoms. The summed E-state index contributed by atoms with van der Waals surface area (Å²) in [5.41, 5.74) is 1.68. The molecule has 0 aliphatic rings. The summed E-state index contributed by atoms with van der Waals surface area (Å²) in [4.78, 5) is 12.9. The molecule has 0 saturated carbocycles. The second-order valence-corrected chi connectivity index (χ2v) is 9.99. The van der Waals surface area contributed by atoms with E-state index in [4.69, 9.17) is 27.9 Å². The number of carbonyl (C=O) groups is 1. The van der Waals surface area contributed by atoms with E-state index in [0.29, 0.717) is 43.3 Å². The molecule has 0 fully saturated rings. The van der Waals surface area contributed by atoms with Crippen LogP contribution in [-0.4, -0.2) is 32.5 Å². The molecule has 12 heteroatoms. The van der Waals surface area contributed by atoms with Crippen LogP contribution >= 0.6 is 46.3 Å². The molecule has 2 aromatic heterocycles. The minimum absolute atomic E-state index is 0.0954. The Balaban J connectivity index is 1.46. The second kappa shape index (κ2) is 11.2. The van der Waals surface area contributed by atoms with Crippen molar-refractivity contribution < 1.29 is 13.9 Å². The minimum Gasteiger partial charge on any atom is -0.489 e.